The number of hydrogen-bond donors (Lipinski definition) is 1. The molecule has 0 saturated heterocycles. The molecule has 2 atom stereocenters. The zero-order valence-corrected chi connectivity index (χ0v) is 14.8. The predicted molar refractivity (Wildman–Crippen MR) is 95.5 cm³/mol. The maximum Gasteiger partial charge on any atom is 0.133 e. The Morgan fingerprint density at radius 1 is 1.17 bits per heavy atom. The van der Waals surface area contributed by atoms with Crippen LogP contribution in [-0.4, -0.2) is 23.2 Å². The van der Waals surface area contributed by atoms with E-state index in [0.29, 0.717) is 8.58 Å². The van der Waals surface area contributed by atoms with Crippen molar-refractivity contribution in [2.24, 2.45) is 0 Å². The van der Waals surface area contributed by atoms with Gasteiger partial charge in [-0.3, -0.25) is 0 Å². The lowest BCUT2D eigenvalue weighted by molar-refractivity contribution is 0.204. The second-order valence-corrected chi connectivity index (χ2v) is 7.44. The highest BCUT2D eigenvalue weighted by Crippen LogP contribution is 2.33. The third kappa shape index (κ3) is 3.61. The van der Waals surface area contributed by atoms with E-state index in [1.54, 1.807) is 12.1 Å². The maximum absolute atomic E-state index is 13.8. The monoisotopic (exact) mass is 368 g/mol. The first-order chi connectivity index (χ1) is 11.5. The second kappa shape index (κ2) is 7.18. The van der Waals surface area contributed by atoms with E-state index in [9.17, 15) is 13.2 Å². The Morgan fingerprint density at radius 3 is 2.67 bits per heavy atom. The van der Waals surface area contributed by atoms with Gasteiger partial charge in [0.2, 0.25) is 0 Å². The van der Waals surface area contributed by atoms with Crippen molar-refractivity contribution in [2.75, 3.05) is 13.2 Å². The van der Waals surface area contributed by atoms with Crippen LogP contribution < -0.4 is 10.7 Å². The van der Waals surface area contributed by atoms with Gasteiger partial charge in [0.15, 0.2) is 0 Å². The fraction of sp³-hybridized carbons (Fsp3) is 0.235. The van der Waals surface area contributed by atoms with Crippen molar-refractivity contribution >= 4 is 31.1 Å². The molecule has 24 heavy (non-hydrogen) atoms. The zero-order valence-electron chi connectivity index (χ0n) is 12.9. The average Bonchev–Trinajstić information content (AvgIpc) is 2.56. The van der Waals surface area contributed by atoms with Crippen LogP contribution in [0.25, 0.3) is 0 Å². The molecule has 2 aromatic carbocycles. The molecule has 3 rings (SSSR count). The molecule has 2 nitrogen and oxygen atoms in total. The van der Waals surface area contributed by atoms with Gasteiger partial charge in [-0.2, -0.15) is 0 Å². The van der Waals surface area contributed by atoms with Gasteiger partial charge in [0.05, 0.1) is 6.04 Å². The Morgan fingerprint density at radius 2 is 1.88 bits per heavy atom. The van der Waals surface area contributed by atoms with Crippen LogP contribution in [-0.2, 0) is 0 Å². The van der Waals surface area contributed by atoms with E-state index < -0.39 is 11.6 Å². The molecule has 0 fully saturated rings. The molecule has 126 valence electrons. The van der Waals surface area contributed by atoms with E-state index >= 15 is 0 Å². The summed E-state index contributed by atoms with van der Waals surface area (Å²) in [5.41, 5.74) is 3.86. The Kier molecular flexibility index (Phi) is 5.18. The van der Waals surface area contributed by atoms with Gasteiger partial charge in [0, 0.05) is 12.6 Å². The van der Waals surface area contributed by atoms with Crippen LogP contribution in [0.1, 0.15) is 23.6 Å². The highest BCUT2D eigenvalue weighted by atomic mass is 32.1. The van der Waals surface area contributed by atoms with Crippen LogP contribution in [0.5, 0.6) is 0 Å². The number of halogens is 3. The molecule has 0 spiro atoms. The molecule has 0 bridgehead atoms. The normalized spacial score (nSPS) is 17.8. The highest BCUT2D eigenvalue weighted by molar-refractivity contribution is 7.80. The molecule has 0 aromatic heterocycles. The molecular formula is C17H16F3N2PS. The number of thiocarbonyl (C=S) groups is 1. The highest BCUT2D eigenvalue weighted by Gasteiger charge is 2.25. The van der Waals surface area contributed by atoms with E-state index in [0.717, 1.165) is 41.6 Å². The molecule has 2 aromatic rings. The molecule has 0 amide bonds. The zero-order chi connectivity index (χ0) is 17.3. The minimum Gasteiger partial charge on any atom is -0.309 e. The van der Waals surface area contributed by atoms with Crippen LogP contribution in [0.2, 0.25) is 0 Å². The summed E-state index contributed by atoms with van der Waals surface area (Å²) in [7, 11) is 2.42. The van der Waals surface area contributed by atoms with Crippen molar-refractivity contribution in [3.63, 3.8) is 0 Å². The first kappa shape index (κ1) is 17.3. The van der Waals surface area contributed by atoms with Gasteiger partial charge in [0.1, 0.15) is 22.4 Å². The van der Waals surface area contributed by atoms with Gasteiger partial charge >= 0.3 is 0 Å². The minimum absolute atomic E-state index is 0.00833. The van der Waals surface area contributed by atoms with Crippen LogP contribution >= 0.6 is 20.8 Å². The SMILES string of the molecule is CN(NC(=S)c1cc(F)ccc1F)C1CCPc2ccc(F)cc21. The quantitative estimate of drug-likeness (QED) is 0.506. The van der Waals surface area contributed by atoms with Gasteiger partial charge in [-0.1, -0.05) is 26.9 Å². The summed E-state index contributed by atoms with van der Waals surface area (Å²) in [5, 5.41) is 2.87. The maximum atomic E-state index is 13.8. The number of rotatable bonds is 3. The molecule has 1 aliphatic rings. The van der Waals surface area contributed by atoms with E-state index in [-0.39, 0.29) is 22.4 Å². The third-order valence-electron chi connectivity index (χ3n) is 4.02. The van der Waals surface area contributed by atoms with E-state index in [1.807, 2.05) is 6.07 Å². The summed E-state index contributed by atoms with van der Waals surface area (Å²) < 4.78 is 40.8. The predicted octanol–water partition coefficient (Wildman–Crippen LogP) is 3.66. The molecule has 1 heterocycles. The van der Waals surface area contributed by atoms with Crippen LogP contribution in [0.3, 0.4) is 0 Å². The lowest BCUT2D eigenvalue weighted by Crippen LogP contribution is -2.43. The molecular weight excluding hydrogens is 352 g/mol. The van der Waals surface area contributed by atoms with Crippen molar-refractivity contribution in [2.45, 2.75) is 12.5 Å². The number of fused-ring (bicyclic) bond motifs is 1. The first-order valence-corrected chi connectivity index (χ1v) is 9.09. The Hall–Kier alpha value is -1.49. The van der Waals surface area contributed by atoms with Gasteiger partial charge in [-0.05, 0) is 53.8 Å². The summed E-state index contributed by atoms with van der Waals surface area (Å²) >= 11 is 5.21. The number of hydrogen-bond acceptors (Lipinski definition) is 2. The van der Waals surface area contributed by atoms with E-state index in [1.165, 1.54) is 12.1 Å². The molecule has 0 aliphatic carbocycles. The standard InChI is InChI=1S/C17H16F3N2PS/c1-22(21-17(24)12-8-10(18)2-4-14(12)20)15-6-7-23-16-5-3-11(19)9-13(15)16/h2-5,8-9,15,23H,6-7H2,1H3,(H,21,24). The van der Waals surface area contributed by atoms with Crippen molar-refractivity contribution in [1.82, 2.24) is 10.4 Å². The van der Waals surface area contributed by atoms with Crippen molar-refractivity contribution in [3.05, 3.63) is 65.0 Å². The average molecular weight is 368 g/mol. The lowest BCUT2D eigenvalue weighted by Gasteiger charge is -2.34. The summed E-state index contributed by atoms with van der Waals surface area (Å²) in [6.07, 6.45) is 1.84. The third-order valence-corrected chi connectivity index (χ3v) is 5.71. The Bertz CT molecular complexity index is 784. The number of nitrogens with zero attached hydrogens (tertiary/aromatic N) is 1. The van der Waals surface area contributed by atoms with Crippen LogP contribution in [0.15, 0.2) is 36.4 Å². The molecule has 0 radical (unpaired) electrons. The second-order valence-electron chi connectivity index (χ2n) is 5.64. The van der Waals surface area contributed by atoms with Crippen LogP contribution in [0.4, 0.5) is 13.2 Å². The minimum atomic E-state index is -0.584. The van der Waals surface area contributed by atoms with Crippen molar-refractivity contribution in [3.8, 4) is 0 Å². The molecule has 1 N–H and O–H groups in total. The lowest BCUT2D eigenvalue weighted by atomic mass is 10.0. The van der Waals surface area contributed by atoms with E-state index in [4.69, 9.17) is 12.2 Å². The first-order valence-electron chi connectivity index (χ1n) is 7.48. The van der Waals surface area contributed by atoms with E-state index in [2.05, 4.69) is 5.43 Å². The summed E-state index contributed by atoms with van der Waals surface area (Å²) in [6, 6.07) is 7.90. The van der Waals surface area contributed by atoms with Crippen LogP contribution in [0, 0.1) is 17.5 Å². The fourth-order valence-corrected chi connectivity index (χ4v) is 4.47. The number of benzene rings is 2. The topological polar surface area (TPSA) is 15.3 Å². The molecule has 7 heteroatoms. The molecule has 0 saturated carbocycles. The Balaban J connectivity index is 1.81. The smallest absolute Gasteiger partial charge is 0.133 e. The largest absolute Gasteiger partial charge is 0.309 e. The van der Waals surface area contributed by atoms with Crippen molar-refractivity contribution < 1.29 is 13.2 Å². The summed E-state index contributed by atoms with van der Waals surface area (Å²) in [6.45, 7) is 0. The van der Waals surface area contributed by atoms with Gasteiger partial charge in [-0.25, -0.2) is 18.2 Å². The molecule has 2 unspecified atom stereocenters. The molecule has 1 aliphatic heterocycles. The summed E-state index contributed by atoms with van der Waals surface area (Å²) in [4.78, 5) is 0.0977. The summed E-state index contributed by atoms with van der Waals surface area (Å²) in [5.74, 6) is -1.42. The van der Waals surface area contributed by atoms with Gasteiger partial charge in [0.25, 0.3) is 0 Å². The van der Waals surface area contributed by atoms with Gasteiger partial charge < -0.3 is 5.43 Å². The van der Waals surface area contributed by atoms with Gasteiger partial charge in [-0.15, -0.1) is 0 Å². The number of nitrogens with one attached hydrogen (secondary N) is 1. The Labute approximate surface area is 145 Å². The number of hydrazine groups is 1. The van der Waals surface area contributed by atoms with Crippen molar-refractivity contribution in [1.29, 1.82) is 0 Å². The fourth-order valence-electron chi connectivity index (χ4n) is 2.84.